The number of benzene rings is 1. The van der Waals surface area contributed by atoms with Gasteiger partial charge in [0.25, 0.3) is 0 Å². The Kier molecular flexibility index (Phi) is 10.8. The van der Waals surface area contributed by atoms with Gasteiger partial charge in [0.2, 0.25) is 17.7 Å². The van der Waals surface area contributed by atoms with E-state index in [1.807, 2.05) is 20.8 Å². The normalized spacial score (nSPS) is 15.0. The lowest BCUT2D eigenvalue weighted by Gasteiger charge is -2.30. The lowest BCUT2D eigenvalue weighted by Crippen LogP contribution is -2.34. The molecule has 0 radical (unpaired) electrons. The number of rotatable bonds is 9. The molecule has 0 heterocycles. The zero-order valence-electron chi connectivity index (χ0n) is 24.8. The van der Waals surface area contributed by atoms with E-state index in [4.69, 9.17) is 0 Å². The number of hydrogen-bond acceptors (Lipinski definition) is 3. The molecule has 0 aliphatic heterocycles. The number of anilines is 3. The zero-order chi connectivity index (χ0) is 28.1. The maximum Gasteiger partial charge on any atom is 0.228 e. The van der Waals surface area contributed by atoms with Crippen LogP contribution in [0.5, 0.6) is 0 Å². The summed E-state index contributed by atoms with van der Waals surface area (Å²) in [6.45, 7) is 24.5. The Morgan fingerprint density at radius 2 is 0.722 bits per heavy atom. The number of carbonyl (C=O) groups excluding carboxylic acids is 3. The molecule has 0 aliphatic carbocycles. The highest BCUT2D eigenvalue weighted by atomic mass is 16.2. The van der Waals surface area contributed by atoms with E-state index >= 15 is 0 Å². The van der Waals surface area contributed by atoms with Crippen molar-refractivity contribution < 1.29 is 14.4 Å². The molecule has 6 nitrogen and oxygen atoms in total. The Morgan fingerprint density at radius 3 is 0.861 bits per heavy atom. The number of nitrogens with one attached hydrogen (secondary N) is 3. The van der Waals surface area contributed by atoms with Gasteiger partial charge < -0.3 is 16.0 Å². The fraction of sp³-hybridized carbons (Fsp3) is 0.700. The standard InChI is InChI=1S/C30H51N3O3/c1-13-22(28(4,5)6)25(34)31-19-16-20(32-26(35)23(14-2)29(7,8)9)18-21(17-19)33-27(36)24(15-3)30(10,11)12/h16-18,22-24H,13-15H2,1-12H3,(H,31,34)(H,32,35)(H,33,36). The van der Waals surface area contributed by atoms with Crippen LogP contribution in [0.3, 0.4) is 0 Å². The van der Waals surface area contributed by atoms with E-state index < -0.39 is 0 Å². The van der Waals surface area contributed by atoms with Crippen molar-refractivity contribution in [2.45, 2.75) is 102 Å². The maximum absolute atomic E-state index is 13.1. The Morgan fingerprint density at radius 1 is 0.528 bits per heavy atom. The summed E-state index contributed by atoms with van der Waals surface area (Å²) in [5.74, 6) is -0.757. The summed E-state index contributed by atoms with van der Waals surface area (Å²) in [6, 6.07) is 5.28. The van der Waals surface area contributed by atoms with Crippen molar-refractivity contribution >= 4 is 34.8 Å². The van der Waals surface area contributed by atoms with Crippen molar-refractivity contribution in [3.8, 4) is 0 Å². The molecule has 0 aromatic heterocycles. The molecular formula is C30H51N3O3. The van der Waals surface area contributed by atoms with Crippen LogP contribution in [0.15, 0.2) is 18.2 Å². The van der Waals surface area contributed by atoms with Gasteiger partial charge in [-0.2, -0.15) is 0 Å². The van der Waals surface area contributed by atoms with Gasteiger partial charge in [-0.15, -0.1) is 0 Å². The number of amides is 3. The van der Waals surface area contributed by atoms with Crippen molar-refractivity contribution in [1.29, 1.82) is 0 Å². The van der Waals surface area contributed by atoms with E-state index in [9.17, 15) is 14.4 Å². The third kappa shape index (κ3) is 8.94. The molecule has 1 rings (SSSR count). The van der Waals surface area contributed by atoms with Gasteiger partial charge >= 0.3 is 0 Å². The Hall–Kier alpha value is -2.37. The van der Waals surface area contributed by atoms with Crippen LogP contribution in [0.1, 0.15) is 102 Å². The molecule has 1 aromatic rings. The Labute approximate surface area is 219 Å². The quantitative estimate of drug-likeness (QED) is 0.324. The predicted molar refractivity (Wildman–Crippen MR) is 152 cm³/mol. The van der Waals surface area contributed by atoms with Crippen LogP contribution in [0, 0.1) is 34.0 Å². The summed E-state index contributed by atoms with van der Waals surface area (Å²) < 4.78 is 0. The topological polar surface area (TPSA) is 87.3 Å². The van der Waals surface area contributed by atoms with Gasteiger partial charge in [0.1, 0.15) is 0 Å². The molecule has 0 fully saturated rings. The van der Waals surface area contributed by atoms with Crippen LogP contribution in [0.4, 0.5) is 17.1 Å². The smallest absolute Gasteiger partial charge is 0.228 e. The molecule has 0 bridgehead atoms. The van der Waals surface area contributed by atoms with Crippen LogP contribution >= 0.6 is 0 Å². The lowest BCUT2D eigenvalue weighted by atomic mass is 9.78. The van der Waals surface area contributed by atoms with Crippen LogP contribution < -0.4 is 16.0 Å². The summed E-state index contributed by atoms with van der Waals surface area (Å²) in [5, 5.41) is 9.10. The van der Waals surface area contributed by atoms with E-state index in [1.54, 1.807) is 18.2 Å². The van der Waals surface area contributed by atoms with Gasteiger partial charge in [0.05, 0.1) is 0 Å². The van der Waals surface area contributed by atoms with E-state index in [0.29, 0.717) is 36.3 Å². The largest absolute Gasteiger partial charge is 0.326 e. The first-order chi connectivity index (χ1) is 16.3. The molecule has 3 amide bonds. The van der Waals surface area contributed by atoms with E-state index in [0.717, 1.165) is 0 Å². The van der Waals surface area contributed by atoms with Crippen LogP contribution in [-0.2, 0) is 14.4 Å². The summed E-state index contributed by atoms with van der Waals surface area (Å²) in [6.07, 6.45) is 2.13. The van der Waals surface area contributed by atoms with E-state index in [2.05, 4.69) is 78.3 Å². The molecule has 6 heteroatoms. The van der Waals surface area contributed by atoms with Crippen molar-refractivity contribution in [2.24, 2.45) is 34.0 Å². The Bertz CT molecular complexity index is 786. The van der Waals surface area contributed by atoms with Gasteiger partial charge in [0, 0.05) is 34.8 Å². The van der Waals surface area contributed by atoms with Crippen LogP contribution in [0.2, 0.25) is 0 Å². The highest BCUT2D eigenvalue weighted by Crippen LogP contribution is 2.34. The third-order valence-electron chi connectivity index (χ3n) is 7.05. The van der Waals surface area contributed by atoms with Crippen molar-refractivity contribution in [3.63, 3.8) is 0 Å². The summed E-state index contributed by atoms with van der Waals surface area (Å²) in [4.78, 5) is 39.4. The predicted octanol–water partition coefficient (Wildman–Crippen LogP) is 7.72. The van der Waals surface area contributed by atoms with Crippen molar-refractivity contribution in [3.05, 3.63) is 18.2 Å². The van der Waals surface area contributed by atoms with E-state index in [-0.39, 0.29) is 51.7 Å². The molecule has 36 heavy (non-hydrogen) atoms. The van der Waals surface area contributed by atoms with Crippen molar-refractivity contribution in [2.75, 3.05) is 16.0 Å². The van der Waals surface area contributed by atoms with E-state index in [1.165, 1.54) is 0 Å². The number of hydrogen-bond donors (Lipinski definition) is 3. The summed E-state index contributed by atoms with van der Waals surface area (Å²) >= 11 is 0. The molecule has 0 aliphatic rings. The minimum absolute atomic E-state index is 0.0759. The minimum atomic E-state index is -0.191. The second-order valence-corrected chi connectivity index (χ2v) is 13.2. The monoisotopic (exact) mass is 501 g/mol. The molecule has 0 saturated heterocycles. The van der Waals surface area contributed by atoms with Gasteiger partial charge in [-0.25, -0.2) is 0 Å². The van der Waals surface area contributed by atoms with Crippen molar-refractivity contribution in [1.82, 2.24) is 0 Å². The molecule has 3 unspecified atom stereocenters. The average Bonchev–Trinajstić information content (AvgIpc) is 2.65. The third-order valence-corrected chi connectivity index (χ3v) is 7.05. The molecule has 3 N–H and O–H groups in total. The minimum Gasteiger partial charge on any atom is -0.326 e. The van der Waals surface area contributed by atoms with Gasteiger partial charge in [-0.1, -0.05) is 83.1 Å². The molecule has 204 valence electrons. The fourth-order valence-electron chi connectivity index (χ4n) is 5.11. The first-order valence-corrected chi connectivity index (χ1v) is 13.4. The van der Waals surface area contributed by atoms with Crippen LogP contribution in [0.25, 0.3) is 0 Å². The molecule has 1 aromatic carbocycles. The SMILES string of the molecule is CCC(C(=O)Nc1cc(NC(=O)C(CC)C(C)(C)C)cc(NC(=O)C(CC)C(C)(C)C)c1)C(C)(C)C. The second kappa shape index (κ2) is 12.2. The molecule has 0 spiro atoms. The van der Waals surface area contributed by atoms with Crippen LogP contribution in [-0.4, -0.2) is 17.7 Å². The molecule has 0 saturated carbocycles. The lowest BCUT2D eigenvalue weighted by molar-refractivity contribution is -0.123. The maximum atomic E-state index is 13.1. The molecular weight excluding hydrogens is 450 g/mol. The average molecular weight is 502 g/mol. The van der Waals surface area contributed by atoms with Gasteiger partial charge in [-0.3, -0.25) is 14.4 Å². The second-order valence-electron chi connectivity index (χ2n) is 13.2. The van der Waals surface area contributed by atoms with Gasteiger partial charge in [0.15, 0.2) is 0 Å². The highest BCUT2D eigenvalue weighted by Gasteiger charge is 2.32. The first-order valence-electron chi connectivity index (χ1n) is 13.4. The van der Waals surface area contributed by atoms with Gasteiger partial charge in [-0.05, 0) is 53.7 Å². The fourth-order valence-corrected chi connectivity index (χ4v) is 5.11. The Balaban J connectivity index is 3.40. The number of carbonyl (C=O) groups is 3. The first kappa shape index (κ1) is 31.7. The zero-order valence-corrected chi connectivity index (χ0v) is 24.8. The summed E-state index contributed by atoms with van der Waals surface area (Å²) in [7, 11) is 0. The summed E-state index contributed by atoms with van der Waals surface area (Å²) in [5.41, 5.74) is 1.06. The molecule has 3 atom stereocenters. The highest BCUT2D eigenvalue weighted by molar-refractivity contribution is 5.99.